The molecule has 13 heteroatoms. The van der Waals surface area contributed by atoms with Crippen LogP contribution in [0.25, 0.3) is 0 Å². The van der Waals surface area contributed by atoms with Crippen molar-refractivity contribution in [1.82, 2.24) is 25.5 Å². The van der Waals surface area contributed by atoms with Crippen LogP contribution < -0.4 is 10.6 Å². The van der Waals surface area contributed by atoms with E-state index < -0.39 is 54.5 Å². The molecule has 0 aliphatic carbocycles. The Morgan fingerprint density at radius 3 is 2.30 bits per heavy atom. The van der Waals surface area contributed by atoms with Gasteiger partial charge in [0.25, 0.3) is 5.91 Å². The number of carbonyl (C=O) groups excluding carboxylic acids is 4. The highest BCUT2D eigenvalue weighted by molar-refractivity contribution is 6.68. The van der Waals surface area contributed by atoms with E-state index in [1.807, 2.05) is 63.2 Å². The van der Waals surface area contributed by atoms with Gasteiger partial charge in [0.2, 0.25) is 5.91 Å². The molecule has 4 heterocycles. The molecule has 2 amide bonds. The van der Waals surface area contributed by atoms with Gasteiger partial charge in [-0.05, 0) is 24.9 Å². The maximum atomic E-state index is 14.0. The lowest BCUT2D eigenvalue weighted by molar-refractivity contribution is -0.849. The largest absolute Gasteiger partial charge is 0.606 e. The van der Waals surface area contributed by atoms with Crippen LogP contribution in [0.3, 0.4) is 0 Å². The lowest BCUT2D eigenvalue weighted by Gasteiger charge is -2.53. The molecule has 2 N–H and O–H groups in total. The Balaban J connectivity index is 1.47. The number of quaternary nitrogens is 1. The minimum atomic E-state index is -2.62. The maximum absolute atomic E-state index is 14.0. The van der Waals surface area contributed by atoms with Crippen LogP contribution in [0, 0.1) is 5.92 Å². The van der Waals surface area contributed by atoms with Gasteiger partial charge in [-0.1, -0.05) is 44.2 Å². The second kappa shape index (κ2) is 10.6. The maximum Gasteiger partial charge on any atom is 0.606 e. The molecule has 0 bridgehead atoms. The van der Waals surface area contributed by atoms with Gasteiger partial charge in [0.1, 0.15) is 11.7 Å². The van der Waals surface area contributed by atoms with E-state index in [2.05, 4.69) is 20.6 Å². The summed E-state index contributed by atoms with van der Waals surface area (Å²) in [6.07, 6.45) is 4.78. The Hall–Kier alpha value is -3.84. The minimum Gasteiger partial charge on any atom is -0.599 e. The molecular weight excluding hydrogens is 515 g/mol. The summed E-state index contributed by atoms with van der Waals surface area (Å²) in [6, 6.07) is 7.10. The smallest absolute Gasteiger partial charge is 0.599 e. The zero-order valence-corrected chi connectivity index (χ0v) is 23.1. The Morgan fingerprint density at radius 2 is 1.73 bits per heavy atom. The van der Waals surface area contributed by atoms with Crippen LogP contribution in [0.15, 0.2) is 48.9 Å². The van der Waals surface area contributed by atoms with Crippen molar-refractivity contribution < 1.29 is 32.9 Å². The van der Waals surface area contributed by atoms with Crippen LogP contribution in [0.2, 0.25) is 0 Å². The van der Waals surface area contributed by atoms with Crippen LogP contribution >= 0.6 is 0 Å². The molecule has 212 valence electrons. The van der Waals surface area contributed by atoms with Crippen LogP contribution in [0.1, 0.15) is 36.3 Å². The molecule has 0 radical (unpaired) electrons. The van der Waals surface area contributed by atoms with Crippen molar-refractivity contribution in [3.05, 3.63) is 60.2 Å². The minimum absolute atomic E-state index is 0.0189. The number of benzene rings is 1. The SMILES string of the molecule is CC(C)C[C@H](NC(=O)[C@H](Cc1ccccc1)NC(=O)c1cnccn1)[B-]12OC(=O)[C@H]3CN(C)C[C@@H](C(=O)O1)[N+]32C. The summed E-state index contributed by atoms with van der Waals surface area (Å²) in [6.45, 7) is 2.18. The third kappa shape index (κ3) is 4.73. The topological polar surface area (TPSA) is 140 Å². The first-order valence-electron chi connectivity index (χ1n) is 13.6. The van der Waals surface area contributed by atoms with Gasteiger partial charge < -0.3 is 24.3 Å². The molecule has 5 rings (SSSR count). The zero-order valence-electron chi connectivity index (χ0n) is 23.1. The summed E-state index contributed by atoms with van der Waals surface area (Å²) in [7, 11) is 3.69. The molecule has 1 aromatic heterocycles. The molecule has 1 aromatic carbocycles. The molecule has 3 fully saturated rings. The average molecular weight is 550 g/mol. The fourth-order valence-electron chi connectivity index (χ4n) is 6.47. The number of hydrogen-bond acceptors (Lipinski definition) is 9. The van der Waals surface area contributed by atoms with E-state index in [0.29, 0.717) is 19.5 Å². The van der Waals surface area contributed by atoms with Crippen molar-refractivity contribution in [3.63, 3.8) is 0 Å². The molecule has 12 nitrogen and oxygen atoms in total. The van der Waals surface area contributed by atoms with Gasteiger partial charge in [-0.3, -0.25) is 19.5 Å². The molecular formula is C27H35BN6O6. The fourth-order valence-corrected chi connectivity index (χ4v) is 6.47. The molecule has 3 saturated heterocycles. The Kier molecular flexibility index (Phi) is 7.36. The molecule has 0 saturated carbocycles. The lowest BCUT2D eigenvalue weighted by atomic mass is 9.56. The first-order valence-corrected chi connectivity index (χ1v) is 13.6. The van der Waals surface area contributed by atoms with Gasteiger partial charge in [-0.15, -0.1) is 0 Å². The highest BCUT2D eigenvalue weighted by Crippen LogP contribution is 2.47. The zero-order chi connectivity index (χ0) is 28.7. The quantitative estimate of drug-likeness (QED) is 0.415. The van der Waals surface area contributed by atoms with Gasteiger partial charge in [0.05, 0.1) is 25.2 Å². The molecule has 40 heavy (non-hydrogen) atoms. The van der Waals surface area contributed by atoms with Gasteiger partial charge in [0.15, 0.2) is 12.1 Å². The highest BCUT2D eigenvalue weighted by Gasteiger charge is 2.77. The molecule has 0 spiro atoms. The van der Waals surface area contributed by atoms with E-state index in [9.17, 15) is 19.2 Å². The summed E-state index contributed by atoms with van der Waals surface area (Å²) in [5.41, 5.74) is 0.912. The number of amides is 2. The van der Waals surface area contributed by atoms with Crippen molar-refractivity contribution in [2.45, 2.75) is 50.8 Å². The third-order valence-corrected chi connectivity index (χ3v) is 8.46. The van der Waals surface area contributed by atoms with E-state index in [-0.39, 0.29) is 22.4 Å². The van der Waals surface area contributed by atoms with E-state index in [4.69, 9.17) is 9.31 Å². The van der Waals surface area contributed by atoms with Crippen LogP contribution in [-0.4, -0.2) is 101 Å². The molecule has 2 aromatic rings. The van der Waals surface area contributed by atoms with E-state index in [1.165, 1.54) is 18.6 Å². The average Bonchev–Trinajstić information content (AvgIpc) is 3.28. The number of nitrogens with one attached hydrogen (secondary N) is 2. The summed E-state index contributed by atoms with van der Waals surface area (Å²) >= 11 is 0. The second-order valence-electron chi connectivity index (χ2n) is 11.6. The highest BCUT2D eigenvalue weighted by atomic mass is 16.7. The number of nitrogens with zero attached hydrogens (tertiary/aromatic N) is 4. The molecule has 2 unspecified atom stereocenters. The van der Waals surface area contributed by atoms with Crippen molar-refractivity contribution in [2.24, 2.45) is 5.92 Å². The number of carbonyl (C=O) groups is 4. The molecule has 3 aliphatic heterocycles. The number of rotatable bonds is 9. The van der Waals surface area contributed by atoms with Crippen LogP contribution in [-0.2, 0) is 30.1 Å². The predicted molar refractivity (Wildman–Crippen MR) is 144 cm³/mol. The fraction of sp³-hybridized carbons (Fsp3) is 0.481. The van der Waals surface area contributed by atoms with Crippen molar-refractivity contribution in [2.75, 3.05) is 27.2 Å². The Labute approximate surface area is 233 Å². The van der Waals surface area contributed by atoms with Crippen molar-refractivity contribution in [3.8, 4) is 0 Å². The number of piperazine rings is 1. The molecule has 6 atom stereocenters. The number of hydrogen-bond donors (Lipinski definition) is 2. The lowest BCUT2D eigenvalue weighted by Crippen LogP contribution is -2.78. The first-order chi connectivity index (χ1) is 19.0. The molecule has 3 aliphatic rings. The summed E-state index contributed by atoms with van der Waals surface area (Å²) in [4.78, 5) is 63.3. The Morgan fingerprint density at radius 1 is 1.07 bits per heavy atom. The van der Waals surface area contributed by atoms with E-state index in [0.717, 1.165) is 5.56 Å². The number of likely N-dealkylation sites (N-methyl/N-ethyl adjacent to an activating group) is 2. The second-order valence-corrected chi connectivity index (χ2v) is 11.6. The van der Waals surface area contributed by atoms with Gasteiger partial charge >= 0.3 is 18.6 Å². The van der Waals surface area contributed by atoms with Gasteiger partial charge in [0, 0.05) is 25.9 Å². The normalized spacial score (nSPS) is 28.8. The van der Waals surface area contributed by atoms with Crippen molar-refractivity contribution >= 4 is 30.4 Å². The van der Waals surface area contributed by atoms with Crippen molar-refractivity contribution in [1.29, 1.82) is 0 Å². The Bertz CT molecular complexity index is 1270. The monoisotopic (exact) mass is 550 g/mol. The standard InChI is InChI=1S/C27H35BN6O6/c1-17(2)12-23(28-34(4)21(26(37)39-28)15-33(3)16-22(34)27(38)40-28)32-24(35)19(13-18-8-6-5-7-9-18)31-25(36)20-14-29-10-11-30-20/h5-11,14,17,19,21-23H,12-13,15-16H2,1-4H3,(H,31,36)(H,32,35)/t19-,21-,22+,23-,28?,34?/m0/s1. The first kappa shape index (κ1) is 27.7. The van der Waals surface area contributed by atoms with Crippen LogP contribution in [0.4, 0.5) is 0 Å². The van der Waals surface area contributed by atoms with Crippen LogP contribution in [0.5, 0.6) is 0 Å². The third-order valence-electron chi connectivity index (χ3n) is 8.46. The predicted octanol–water partition coefficient (Wildman–Crippen LogP) is 0.0695. The van der Waals surface area contributed by atoms with E-state index in [1.54, 1.807) is 0 Å². The number of aromatic nitrogens is 2. The van der Waals surface area contributed by atoms with E-state index >= 15 is 0 Å². The summed E-state index contributed by atoms with van der Waals surface area (Å²) < 4.78 is 12.0. The van der Waals surface area contributed by atoms with Gasteiger partial charge in [-0.2, -0.15) is 0 Å². The summed E-state index contributed by atoms with van der Waals surface area (Å²) in [5.74, 6) is -2.64. The summed E-state index contributed by atoms with van der Waals surface area (Å²) in [5, 5.41) is 5.84. The van der Waals surface area contributed by atoms with Gasteiger partial charge in [-0.25, -0.2) is 14.6 Å².